The van der Waals surface area contributed by atoms with E-state index in [4.69, 9.17) is 10.4 Å². The van der Waals surface area contributed by atoms with Crippen LogP contribution in [0.15, 0.2) is 24.3 Å². The molecule has 6 heteroatoms. The van der Waals surface area contributed by atoms with E-state index in [1.165, 1.54) is 7.05 Å². The third kappa shape index (κ3) is 2.72. The predicted molar refractivity (Wildman–Crippen MR) is 60.4 cm³/mol. The first-order valence-corrected chi connectivity index (χ1v) is 6.20. The third-order valence-electron chi connectivity index (χ3n) is 2.13. The summed E-state index contributed by atoms with van der Waals surface area (Å²) in [6.07, 6.45) is 0. The summed E-state index contributed by atoms with van der Waals surface area (Å²) in [6, 6.07) is 8.13. The second-order valence-corrected chi connectivity index (χ2v) is 5.29. The maximum atomic E-state index is 11.6. The zero-order valence-electron chi connectivity index (χ0n) is 8.79. The second-order valence-electron chi connectivity index (χ2n) is 3.17. The Balaban J connectivity index is 2.97. The molecule has 86 valence electrons. The van der Waals surface area contributed by atoms with Gasteiger partial charge in [0.05, 0.1) is 29.7 Å². The topological polar surface area (TPSA) is 81.4 Å². The van der Waals surface area contributed by atoms with E-state index in [1.54, 1.807) is 24.3 Å². The Morgan fingerprint density at radius 1 is 1.38 bits per heavy atom. The maximum absolute atomic E-state index is 11.6. The smallest absolute Gasteiger partial charge is 0.237 e. The highest BCUT2D eigenvalue weighted by atomic mass is 32.2. The van der Waals surface area contributed by atoms with Gasteiger partial charge in [-0.25, -0.2) is 8.42 Å². The van der Waals surface area contributed by atoms with E-state index in [2.05, 4.69) is 0 Å². The molecule has 0 aliphatic rings. The highest BCUT2D eigenvalue weighted by Gasteiger charge is 2.17. The molecule has 0 bridgehead atoms. The van der Waals surface area contributed by atoms with Crippen molar-refractivity contribution in [3.63, 3.8) is 0 Å². The molecular formula is C10H12N2O3S. The third-order valence-corrected chi connectivity index (χ3v) is 3.87. The van der Waals surface area contributed by atoms with Crippen molar-refractivity contribution in [1.82, 2.24) is 0 Å². The Labute approximate surface area is 94.6 Å². The first-order chi connectivity index (χ1) is 7.51. The average molecular weight is 240 g/mol. The van der Waals surface area contributed by atoms with E-state index in [-0.39, 0.29) is 5.75 Å². The summed E-state index contributed by atoms with van der Waals surface area (Å²) in [7, 11) is -2.07. The summed E-state index contributed by atoms with van der Waals surface area (Å²) in [5.41, 5.74) is 0.934. The zero-order valence-corrected chi connectivity index (χ0v) is 9.61. The number of benzene rings is 1. The molecule has 0 amide bonds. The molecule has 0 atom stereocenters. The molecule has 0 aliphatic carbocycles. The summed E-state index contributed by atoms with van der Waals surface area (Å²) in [5, 5.41) is 17.2. The monoisotopic (exact) mass is 240 g/mol. The largest absolute Gasteiger partial charge is 0.395 e. The van der Waals surface area contributed by atoms with Crippen LogP contribution in [0.5, 0.6) is 0 Å². The van der Waals surface area contributed by atoms with E-state index in [0.717, 1.165) is 4.31 Å². The normalized spacial score (nSPS) is 10.8. The molecule has 16 heavy (non-hydrogen) atoms. The lowest BCUT2D eigenvalue weighted by molar-refractivity contribution is 0.319. The van der Waals surface area contributed by atoms with E-state index in [9.17, 15) is 8.42 Å². The number of hydrogen-bond acceptors (Lipinski definition) is 4. The minimum absolute atomic E-state index is 0.316. The minimum Gasteiger partial charge on any atom is -0.395 e. The number of anilines is 1. The average Bonchev–Trinajstić information content (AvgIpc) is 2.28. The van der Waals surface area contributed by atoms with Gasteiger partial charge in [-0.15, -0.1) is 0 Å². The highest BCUT2D eigenvalue weighted by Crippen LogP contribution is 2.16. The molecule has 0 spiro atoms. The number of sulfonamides is 1. The molecule has 1 aromatic carbocycles. The molecule has 0 fully saturated rings. The maximum Gasteiger partial charge on any atom is 0.237 e. The lowest BCUT2D eigenvalue weighted by Gasteiger charge is -2.18. The number of nitrogens with zero attached hydrogens (tertiary/aromatic N) is 2. The van der Waals surface area contributed by atoms with Gasteiger partial charge in [-0.1, -0.05) is 0 Å². The number of hydrogen-bond donors (Lipinski definition) is 1. The van der Waals surface area contributed by atoms with Gasteiger partial charge in [0, 0.05) is 7.05 Å². The van der Waals surface area contributed by atoms with Crippen molar-refractivity contribution in [1.29, 1.82) is 5.26 Å². The molecular weight excluding hydrogens is 228 g/mol. The lowest BCUT2D eigenvalue weighted by atomic mass is 10.2. The SMILES string of the molecule is CN(c1ccc(C#N)cc1)S(=O)(=O)CCO. The zero-order chi connectivity index (χ0) is 12.2. The van der Waals surface area contributed by atoms with Crippen molar-refractivity contribution in [2.75, 3.05) is 23.7 Å². The molecule has 5 nitrogen and oxygen atoms in total. The van der Waals surface area contributed by atoms with Gasteiger partial charge in [-0.05, 0) is 24.3 Å². The van der Waals surface area contributed by atoms with E-state index in [0.29, 0.717) is 11.3 Å². The van der Waals surface area contributed by atoms with Crippen LogP contribution in [0.1, 0.15) is 5.56 Å². The van der Waals surface area contributed by atoms with Gasteiger partial charge >= 0.3 is 0 Å². The van der Waals surface area contributed by atoms with Crippen molar-refractivity contribution >= 4 is 15.7 Å². The minimum atomic E-state index is -3.48. The Kier molecular flexibility index (Phi) is 3.88. The summed E-state index contributed by atoms with van der Waals surface area (Å²) in [5.74, 6) is -0.316. The highest BCUT2D eigenvalue weighted by molar-refractivity contribution is 7.92. The van der Waals surface area contributed by atoms with Gasteiger partial charge in [0.25, 0.3) is 0 Å². The van der Waals surface area contributed by atoms with E-state index < -0.39 is 16.6 Å². The van der Waals surface area contributed by atoms with Crippen LogP contribution in [0, 0.1) is 11.3 Å². The molecule has 0 unspecified atom stereocenters. The summed E-state index contributed by atoms with van der Waals surface area (Å²) >= 11 is 0. The van der Waals surface area contributed by atoms with E-state index >= 15 is 0 Å². The Bertz CT molecular complexity index is 488. The van der Waals surface area contributed by atoms with Crippen molar-refractivity contribution in [2.24, 2.45) is 0 Å². The van der Waals surface area contributed by atoms with Crippen molar-refractivity contribution in [3.8, 4) is 6.07 Å². The van der Waals surface area contributed by atoms with Crippen LogP contribution in [0.2, 0.25) is 0 Å². The van der Waals surface area contributed by atoms with Crippen LogP contribution in [-0.2, 0) is 10.0 Å². The van der Waals surface area contributed by atoms with Crippen LogP contribution in [0.4, 0.5) is 5.69 Å². The molecule has 0 saturated heterocycles. The molecule has 0 saturated carbocycles. The second kappa shape index (κ2) is 4.96. The number of aliphatic hydroxyl groups excluding tert-OH is 1. The molecule has 1 N–H and O–H groups in total. The molecule has 0 aromatic heterocycles. The van der Waals surface area contributed by atoms with Crippen LogP contribution < -0.4 is 4.31 Å². The molecule has 0 aliphatic heterocycles. The van der Waals surface area contributed by atoms with Gasteiger partial charge in [0.15, 0.2) is 0 Å². The van der Waals surface area contributed by atoms with Crippen LogP contribution in [0.25, 0.3) is 0 Å². The van der Waals surface area contributed by atoms with E-state index in [1.807, 2.05) is 6.07 Å². The van der Waals surface area contributed by atoms with Gasteiger partial charge in [-0.2, -0.15) is 5.26 Å². The summed E-state index contributed by atoms with van der Waals surface area (Å²) < 4.78 is 24.3. The lowest BCUT2D eigenvalue weighted by Crippen LogP contribution is -2.30. The number of nitriles is 1. The van der Waals surface area contributed by atoms with Crippen molar-refractivity contribution in [2.45, 2.75) is 0 Å². The summed E-state index contributed by atoms with van der Waals surface area (Å²) in [4.78, 5) is 0. The van der Waals surface area contributed by atoms with Crippen LogP contribution in [0.3, 0.4) is 0 Å². The van der Waals surface area contributed by atoms with Crippen LogP contribution in [-0.4, -0.2) is 32.9 Å². The fraction of sp³-hybridized carbons (Fsp3) is 0.300. The van der Waals surface area contributed by atoms with Crippen molar-refractivity contribution in [3.05, 3.63) is 29.8 Å². The Morgan fingerprint density at radius 2 is 1.94 bits per heavy atom. The standard InChI is InChI=1S/C10H12N2O3S/c1-12(16(14,15)7-6-13)10-4-2-9(8-11)3-5-10/h2-5,13H,6-7H2,1H3. The molecule has 1 rings (SSSR count). The Hall–Kier alpha value is -1.58. The van der Waals surface area contributed by atoms with Gasteiger partial charge in [0.1, 0.15) is 0 Å². The Morgan fingerprint density at radius 3 is 2.38 bits per heavy atom. The molecule has 1 aromatic rings. The van der Waals surface area contributed by atoms with Crippen LogP contribution >= 0.6 is 0 Å². The van der Waals surface area contributed by atoms with Gasteiger partial charge in [0.2, 0.25) is 10.0 Å². The number of rotatable bonds is 4. The number of aliphatic hydroxyl groups is 1. The molecule has 0 radical (unpaired) electrons. The van der Waals surface area contributed by atoms with Gasteiger partial charge in [-0.3, -0.25) is 4.31 Å². The fourth-order valence-corrected chi connectivity index (χ4v) is 2.11. The fourth-order valence-electron chi connectivity index (χ4n) is 1.16. The summed E-state index contributed by atoms with van der Waals surface area (Å²) in [6.45, 7) is -0.414. The quantitative estimate of drug-likeness (QED) is 0.821. The first-order valence-electron chi connectivity index (χ1n) is 4.59. The first kappa shape index (κ1) is 12.5. The van der Waals surface area contributed by atoms with Gasteiger partial charge < -0.3 is 5.11 Å². The predicted octanol–water partition coefficient (Wildman–Crippen LogP) is 0.317. The molecule has 0 heterocycles. The van der Waals surface area contributed by atoms with Crippen molar-refractivity contribution < 1.29 is 13.5 Å².